The number of benzene rings is 7. The molecule has 0 aliphatic carbocycles. The van der Waals surface area contributed by atoms with Gasteiger partial charge in [0.05, 0.1) is 19.1 Å². The van der Waals surface area contributed by atoms with E-state index in [2.05, 4.69) is 55.5 Å². The van der Waals surface area contributed by atoms with E-state index in [4.69, 9.17) is 9.47 Å². The van der Waals surface area contributed by atoms with E-state index in [-0.39, 0.29) is 15.8 Å². The first-order valence-electron chi connectivity index (χ1n) is 14.0. The van der Waals surface area contributed by atoms with Crippen molar-refractivity contribution in [3.05, 3.63) is 133 Å². The Morgan fingerprint density at radius 1 is 0.568 bits per heavy atom. The van der Waals surface area contributed by atoms with E-state index < -0.39 is 10.1 Å². The van der Waals surface area contributed by atoms with E-state index in [1.165, 1.54) is 16.5 Å². The number of rotatable bonds is 6. The zero-order valence-corrected chi connectivity index (χ0v) is 26.1. The number of ether oxygens (including phenoxy) is 2. The molecule has 0 amide bonds. The molecular weight excluding hydrogens is 589 g/mol. The predicted molar refractivity (Wildman–Crippen MR) is 177 cm³/mol. The number of hydrogen-bond donors (Lipinski definition) is 0. The third-order valence-corrected chi connectivity index (χ3v) is 10.8. The normalized spacial score (nSPS) is 11.6. The molecule has 0 fully saturated rings. The van der Waals surface area contributed by atoms with Crippen molar-refractivity contribution < 1.29 is 22.4 Å². The summed E-state index contributed by atoms with van der Waals surface area (Å²) >= 11 is 0. The van der Waals surface area contributed by atoms with Crippen molar-refractivity contribution in [2.45, 2.75) is 26.5 Å². The average molecular weight is 619 g/mol. The Bertz CT molecular complexity index is 2130. The summed E-state index contributed by atoms with van der Waals surface area (Å²) in [6, 6.07) is 41.7. The van der Waals surface area contributed by atoms with E-state index in [9.17, 15) is 13.0 Å². The third-order valence-electron chi connectivity index (χ3n) is 7.59. The SMILES string of the molecule is COc1ccccc1[S+](c1ccc(C)cc1)c1ccccc1OC.O=S(=O)([O-])c1ccc2ccc3cccc4ccc1c2c34. The van der Waals surface area contributed by atoms with Gasteiger partial charge >= 0.3 is 0 Å². The molecule has 0 atom stereocenters. The molecule has 5 nitrogen and oxygen atoms in total. The van der Waals surface area contributed by atoms with Gasteiger partial charge < -0.3 is 14.0 Å². The maximum absolute atomic E-state index is 11.4. The van der Waals surface area contributed by atoms with Crippen molar-refractivity contribution in [3.63, 3.8) is 0 Å². The van der Waals surface area contributed by atoms with Crippen molar-refractivity contribution in [1.29, 1.82) is 0 Å². The number of methoxy groups -OCH3 is 2. The summed E-state index contributed by atoms with van der Waals surface area (Å²) in [6.07, 6.45) is 0. The Kier molecular flexibility index (Phi) is 8.19. The van der Waals surface area contributed by atoms with Crippen molar-refractivity contribution in [3.8, 4) is 11.5 Å². The second-order valence-corrected chi connectivity index (χ2v) is 13.6. The van der Waals surface area contributed by atoms with Gasteiger partial charge in [0.25, 0.3) is 0 Å². The smallest absolute Gasteiger partial charge is 0.208 e. The molecule has 0 spiro atoms. The van der Waals surface area contributed by atoms with Crippen LogP contribution in [0.2, 0.25) is 0 Å². The number of para-hydroxylation sites is 2. The van der Waals surface area contributed by atoms with Gasteiger partial charge in [0.2, 0.25) is 9.79 Å². The maximum Gasteiger partial charge on any atom is 0.208 e. The minimum atomic E-state index is -4.48. The molecule has 0 aliphatic heterocycles. The molecule has 7 rings (SSSR count). The lowest BCUT2D eigenvalue weighted by atomic mass is 9.94. The van der Waals surface area contributed by atoms with Crippen LogP contribution in [0.4, 0.5) is 0 Å². The van der Waals surface area contributed by atoms with E-state index in [0.29, 0.717) is 5.39 Å². The van der Waals surface area contributed by atoms with Gasteiger partial charge in [-0.3, -0.25) is 0 Å². The monoisotopic (exact) mass is 618 g/mol. The molecule has 7 aromatic carbocycles. The van der Waals surface area contributed by atoms with Crippen LogP contribution in [0.15, 0.2) is 147 Å². The molecular formula is C37H30O5S2. The zero-order chi connectivity index (χ0) is 30.8. The third kappa shape index (κ3) is 5.57. The minimum absolute atomic E-state index is 0.150. The first kappa shape index (κ1) is 29.5. The first-order chi connectivity index (χ1) is 21.3. The van der Waals surface area contributed by atoms with E-state index >= 15 is 0 Å². The van der Waals surface area contributed by atoms with Gasteiger partial charge in [-0.15, -0.1) is 0 Å². The molecule has 0 radical (unpaired) electrons. The van der Waals surface area contributed by atoms with Crippen molar-refractivity contribution in [2.24, 2.45) is 0 Å². The Morgan fingerprint density at radius 2 is 1.07 bits per heavy atom. The van der Waals surface area contributed by atoms with Crippen LogP contribution in [-0.2, 0) is 21.0 Å². The molecule has 0 saturated carbocycles. The van der Waals surface area contributed by atoms with Gasteiger partial charge in [-0.25, -0.2) is 8.42 Å². The van der Waals surface area contributed by atoms with Gasteiger partial charge in [0.15, 0.2) is 16.4 Å². The summed E-state index contributed by atoms with van der Waals surface area (Å²) in [6.45, 7) is 2.11. The van der Waals surface area contributed by atoms with Crippen LogP contribution >= 0.6 is 0 Å². The predicted octanol–water partition coefficient (Wildman–Crippen LogP) is 8.60. The Balaban J connectivity index is 0.000000158. The summed E-state index contributed by atoms with van der Waals surface area (Å²) in [7, 11) is -1.33. The van der Waals surface area contributed by atoms with E-state index in [1.807, 2.05) is 60.7 Å². The Morgan fingerprint density at radius 3 is 1.61 bits per heavy atom. The molecule has 7 aromatic rings. The zero-order valence-electron chi connectivity index (χ0n) is 24.5. The molecule has 7 heteroatoms. The quantitative estimate of drug-likeness (QED) is 0.106. The van der Waals surface area contributed by atoms with Crippen LogP contribution in [0.25, 0.3) is 32.3 Å². The lowest BCUT2D eigenvalue weighted by Crippen LogP contribution is -2.08. The van der Waals surface area contributed by atoms with Gasteiger partial charge in [-0.05, 0) is 76.3 Å². The highest BCUT2D eigenvalue weighted by molar-refractivity contribution is 7.97. The summed E-state index contributed by atoms with van der Waals surface area (Å²) < 4.78 is 45.5. The van der Waals surface area contributed by atoms with Gasteiger partial charge in [0, 0.05) is 5.39 Å². The largest absolute Gasteiger partial charge is 0.744 e. The van der Waals surface area contributed by atoms with Crippen molar-refractivity contribution in [1.82, 2.24) is 0 Å². The Hall–Kier alpha value is -4.56. The molecule has 0 heterocycles. The van der Waals surface area contributed by atoms with Gasteiger partial charge in [0.1, 0.15) is 21.0 Å². The molecule has 0 N–H and O–H groups in total. The molecule has 0 unspecified atom stereocenters. The van der Waals surface area contributed by atoms with Crippen LogP contribution in [0.5, 0.6) is 11.5 Å². The van der Waals surface area contributed by atoms with Crippen molar-refractivity contribution in [2.75, 3.05) is 14.2 Å². The average Bonchev–Trinajstić information content (AvgIpc) is 3.05. The van der Waals surface area contributed by atoms with E-state index in [1.54, 1.807) is 26.4 Å². The fourth-order valence-corrected chi connectivity index (χ4v) is 8.51. The fraction of sp³-hybridized carbons (Fsp3) is 0.0811. The van der Waals surface area contributed by atoms with Crippen molar-refractivity contribution >= 4 is 53.3 Å². The fourth-order valence-electron chi connectivity index (χ4n) is 5.55. The lowest BCUT2D eigenvalue weighted by Gasteiger charge is -2.15. The molecule has 0 aliphatic rings. The van der Waals surface area contributed by atoms with E-state index in [0.717, 1.165) is 48.2 Å². The number of hydrogen-bond acceptors (Lipinski definition) is 5. The first-order valence-corrected chi connectivity index (χ1v) is 16.6. The summed E-state index contributed by atoms with van der Waals surface area (Å²) in [5.74, 6) is 1.79. The number of aryl methyl sites for hydroxylation is 1. The van der Waals surface area contributed by atoms with Crippen LogP contribution in [-0.4, -0.2) is 27.2 Å². The van der Waals surface area contributed by atoms with Crippen LogP contribution in [0, 0.1) is 6.92 Å². The van der Waals surface area contributed by atoms with Crippen LogP contribution < -0.4 is 9.47 Å². The molecule has 44 heavy (non-hydrogen) atoms. The minimum Gasteiger partial charge on any atom is -0.744 e. The van der Waals surface area contributed by atoms with Gasteiger partial charge in [-0.1, -0.05) is 90.5 Å². The maximum atomic E-state index is 11.4. The molecule has 220 valence electrons. The lowest BCUT2D eigenvalue weighted by molar-refractivity contribution is 0.402. The topological polar surface area (TPSA) is 75.7 Å². The highest BCUT2D eigenvalue weighted by Gasteiger charge is 2.34. The summed E-state index contributed by atoms with van der Waals surface area (Å²) in [4.78, 5) is 3.42. The summed E-state index contributed by atoms with van der Waals surface area (Å²) in [5, 5.41) is 5.38. The highest BCUT2D eigenvalue weighted by Crippen LogP contribution is 2.40. The van der Waals surface area contributed by atoms with Gasteiger partial charge in [-0.2, -0.15) is 0 Å². The molecule has 0 bridgehead atoms. The molecule has 0 saturated heterocycles. The van der Waals surface area contributed by atoms with Crippen LogP contribution in [0.1, 0.15) is 5.56 Å². The highest BCUT2D eigenvalue weighted by atomic mass is 32.2. The second-order valence-electron chi connectivity index (χ2n) is 10.3. The summed E-state index contributed by atoms with van der Waals surface area (Å²) in [5.41, 5.74) is 1.25. The standard InChI is InChI=1S/C21H21O2S.C16H10O3S/c1-16-12-14-17(15-13-16)24(20-10-6-4-8-18(20)22-2)21-11-7-5-9-19(21)23-3;17-20(18,19)14-9-7-12-5-4-10-2-1-3-11-6-8-13(14)16(12)15(10)11/h4-15H,1-3H3;1-9H,(H,17,18,19)/q+1;/p-1. The second kappa shape index (κ2) is 12.2. The van der Waals surface area contributed by atoms with Crippen LogP contribution in [0.3, 0.4) is 0 Å². The molecule has 0 aromatic heterocycles. The Labute approximate surface area is 260 Å².